The Kier molecular flexibility index (Phi) is 63.3. The van der Waals surface area contributed by atoms with Gasteiger partial charge in [-0.05, 0) is 83.5 Å². The third-order valence-electron chi connectivity index (χ3n) is 14.8. The fourth-order valence-electron chi connectivity index (χ4n) is 9.87. The first kappa shape index (κ1) is 71.9. The van der Waals surface area contributed by atoms with Gasteiger partial charge < -0.3 is 14.2 Å². The molecule has 0 spiro atoms. The fraction of sp³-hybridized carbons (Fsp3) is 0.855. The van der Waals surface area contributed by atoms with Gasteiger partial charge in [-0.25, -0.2) is 0 Å². The number of hydrogen-bond donors (Lipinski definition) is 0. The molecule has 0 aromatic carbocycles. The standard InChI is InChI=1S/C69H128O5/c1-4-7-10-13-16-19-22-25-28-31-34-37-40-43-46-49-52-55-58-61-64-72-65-67(74-69(71)63-60-57-54-51-48-45-42-39-36-33-30-27-24-21-18-15-12-9-6-3)66-73-68(70)62-59-56-53-50-47-44-41-38-35-32-29-26-23-20-17-14-11-8-5-2/h17,20,25-26,28-29,35,38,67H,4-16,18-19,21-24,27,30-34,36-37,39-66H2,1-3H3/b20-17-,28-25-,29-26-,38-35-. The van der Waals surface area contributed by atoms with Gasteiger partial charge in [0.2, 0.25) is 0 Å². The molecule has 0 aliphatic carbocycles. The molecule has 0 rings (SSSR count). The fourth-order valence-corrected chi connectivity index (χ4v) is 9.87. The van der Waals surface area contributed by atoms with Crippen molar-refractivity contribution in [3.63, 3.8) is 0 Å². The summed E-state index contributed by atoms with van der Waals surface area (Å²) in [5.74, 6) is -0.390. The van der Waals surface area contributed by atoms with E-state index in [1.165, 1.54) is 257 Å². The zero-order valence-electron chi connectivity index (χ0n) is 50.1. The SMILES string of the molecule is CCCCC/C=C\C/C=C\C/C=C\CCCCCCCCC(=O)OCC(COCCCCCCCCCCCC/C=C\CCCCCCCC)OC(=O)CCCCCCCCCCCCCCCCCCCCC. The summed E-state index contributed by atoms with van der Waals surface area (Å²) in [7, 11) is 0. The Morgan fingerprint density at radius 3 is 0.946 bits per heavy atom. The maximum Gasteiger partial charge on any atom is 0.306 e. The third-order valence-corrected chi connectivity index (χ3v) is 14.8. The highest BCUT2D eigenvalue weighted by Crippen LogP contribution is 2.17. The second-order valence-electron chi connectivity index (χ2n) is 22.4. The summed E-state index contributed by atoms with van der Waals surface area (Å²) < 4.78 is 17.6. The number of hydrogen-bond acceptors (Lipinski definition) is 5. The summed E-state index contributed by atoms with van der Waals surface area (Å²) in [6, 6.07) is 0. The lowest BCUT2D eigenvalue weighted by Gasteiger charge is -2.18. The minimum Gasteiger partial charge on any atom is -0.462 e. The molecule has 0 heterocycles. The summed E-state index contributed by atoms with van der Waals surface area (Å²) in [6.45, 7) is 7.86. The summed E-state index contributed by atoms with van der Waals surface area (Å²) >= 11 is 0. The van der Waals surface area contributed by atoms with Crippen LogP contribution in [0.3, 0.4) is 0 Å². The zero-order chi connectivity index (χ0) is 53.4. The van der Waals surface area contributed by atoms with E-state index in [1.54, 1.807) is 0 Å². The topological polar surface area (TPSA) is 61.8 Å². The van der Waals surface area contributed by atoms with E-state index in [2.05, 4.69) is 69.4 Å². The van der Waals surface area contributed by atoms with Crippen molar-refractivity contribution in [1.82, 2.24) is 0 Å². The van der Waals surface area contributed by atoms with Crippen LogP contribution in [0.5, 0.6) is 0 Å². The van der Waals surface area contributed by atoms with E-state index in [0.717, 1.165) is 64.2 Å². The molecule has 0 N–H and O–H groups in total. The van der Waals surface area contributed by atoms with Crippen molar-refractivity contribution in [2.75, 3.05) is 19.8 Å². The van der Waals surface area contributed by atoms with Crippen molar-refractivity contribution in [2.45, 2.75) is 361 Å². The molecule has 0 radical (unpaired) electrons. The monoisotopic (exact) mass is 1040 g/mol. The van der Waals surface area contributed by atoms with Crippen molar-refractivity contribution < 1.29 is 23.8 Å². The van der Waals surface area contributed by atoms with E-state index in [9.17, 15) is 9.59 Å². The number of esters is 2. The van der Waals surface area contributed by atoms with Crippen molar-refractivity contribution in [1.29, 1.82) is 0 Å². The molecule has 0 aliphatic heterocycles. The van der Waals surface area contributed by atoms with Crippen LogP contribution in [0.1, 0.15) is 355 Å². The molecular formula is C69H128O5. The lowest BCUT2D eigenvalue weighted by molar-refractivity contribution is -0.163. The van der Waals surface area contributed by atoms with Gasteiger partial charge in [0.15, 0.2) is 6.10 Å². The smallest absolute Gasteiger partial charge is 0.306 e. The zero-order valence-corrected chi connectivity index (χ0v) is 50.1. The van der Waals surface area contributed by atoms with Crippen LogP contribution >= 0.6 is 0 Å². The molecule has 0 aromatic rings. The molecule has 0 amide bonds. The summed E-state index contributed by atoms with van der Waals surface area (Å²) in [6.07, 6.45) is 83.0. The molecule has 0 saturated carbocycles. The minimum atomic E-state index is -0.541. The normalized spacial score (nSPS) is 12.4. The van der Waals surface area contributed by atoms with Crippen LogP contribution in [-0.2, 0) is 23.8 Å². The largest absolute Gasteiger partial charge is 0.462 e. The van der Waals surface area contributed by atoms with Gasteiger partial charge >= 0.3 is 11.9 Å². The second kappa shape index (κ2) is 65.1. The molecule has 74 heavy (non-hydrogen) atoms. The number of carbonyl (C=O) groups is 2. The van der Waals surface area contributed by atoms with Crippen molar-refractivity contribution in [3.05, 3.63) is 48.6 Å². The molecule has 0 saturated heterocycles. The molecule has 0 aromatic heterocycles. The van der Waals surface area contributed by atoms with E-state index < -0.39 is 6.10 Å². The molecule has 5 nitrogen and oxygen atoms in total. The van der Waals surface area contributed by atoms with Crippen LogP contribution in [0.4, 0.5) is 0 Å². The van der Waals surface area contributed by atoms with Crippen LogP contribution in [0.15, 0.2) is 48.6 Å². The molecule has 1 unspecified atom stereocenters. The van der Waals surface area contributed by atoms with Crippen LogP contribution in [0.2, 0.25) is 0 Å². The van der Waals surface area contributed by atoms with Gasteiger partial charge in [0.25, 0.3) is 0 Å². The van der Waals surface area contributed by atoms with E-state index in [1.807, 2.05) is 0 Å². The van der Waals surface area contributed by atoms with Crippen molar-refractivity contribution in [2.24, 2.45) is 0 Å². The summed E-state index contributed by atoms with van der Waals surface area (Å²) in [5, 5.41) is 0. The van der Waals surface area contributed by atoms with Gasteiger partial charge in [0.1, 0.15) is 6.61 Å². The molecule has 1 atom stereocenters. The highest BCUT2D eigenvalue weighted by atomic mass is 16.6. The highest BCUT2D eigenvalue weighted by molar-refractivity contribution is 5.70. The Morgan fingerprint density at radius 2 is 0.568 bits per heavy atom. The average molecular weight is 1040 g/mol. The molecule has 0 bridgehead atoms. The second-order valence-corrected chi connectivity index (χ2v) is 22.4. The maximum atomic E-state index is 12.9. The first-order valence-corrected chi connectivity index (χ1v) is 33.2. The first-order chi connectivity index (χ1) is 36.6. The van der Waals surface area contributed by atoms with Crippen LogP contribution in [0, 0.1) is 0 Å². The van der Waals surface area contributed by atoms with Gasteiger partial charge in [0, 0.05) is 19.4 Å². The Hall–Kier alpha value is -2.14. The predicted molar refractivity (Wildman–Crippen MR) is 325 cm³/mol. The van der Waals surface area contributed by atoms with E-state index in [4.69, 9.17) is 14.2 Å². The Labute approximate surface area is 462 Å². The van der Waals surface area contributed by atoms with Crippen molar-refractivity contribution >= 4 is 11.9 Å². The van der Waals surface area contributed by atoms with Crippen LogP contribution in [-0.4, -0.2) is 37.9 Å². The van der Waals surface area contributed by atoms with Crippen LogP contribution < -0.4 is 0 Å². The number of unbranched alkanes of at least 4 members (excludes halogenated alkanes) is 43. The number of allylic oxidation sites excluding steroid dienone is 8. The number of rotatable bonds is 62. The van der Waals surface area contributed by atoms with E-state index in [-0.39, 0.29) is 25.2 Å². The molecule has 5 heteroatoms. The minimum absolute atomic E-state index is 0.0825. The lowest BCUT2D eigenvalue weighted by Crippen LogP contribution is -2.30. The van der Waals surface area contributed by atoms with Gasteiger partial charge in [-0.1, -0.05) is 307 Å². The third kappa shape index (κ3) is 62.4. The Bertz CT molecular complexity index is 1220. The van der Waals surface area contributed by atoms with Crippen LogP contribution in [0.25, 0.3) is 0 Å². The maximum absolute atomic E-state index is 12.9. The van der Waals surface area contributed by atoms with Gasteiger partial charge in [-0.2, -0.15) is 0 Å². The van der Waals surface area contributed by atoms with Crippen molar-refractivity contribution in [3.8, 4) is 0 Å². The molecule has 434 valence electrons. The van der Waals surface area contributed by atoms with E-state index >= 15 is 0 Å². The number of ether oxygens (including phenoxy) is 3. The summed E-state index contributed by atoms with van der Waals surface area (Å²) in [5.41, 5.74) is 0. The Morgan fingerprint density at radius 1 is 0.297 bits per heavy atom. The molecule has 0 aliphatic rings. The van der Waals surface area contributed by atoms with Gasteiger partial charge in [-0.15, -0.1) is 0 Å². The Balaban J connectivity index is 4.26. The lowest BCUT2D eigenvalue weighted by atomic mass is 10.0. The van der Waals surface area contributed by atoms with E-state index in [0.29, 0.717) is 19.4 Å². The average Bonchev–Trinajstić information content (AvgIpc) is 3.40. The van der Waals surface area contributed by atoms with Gasteiger partial charge in [-0.3, -0.25) is 9.59 Å². The van der Waals surface area contributed by atoms with Gasteiger partial charge in [0.05, 0.1) is 6.61 Å². The first-order valence-electron chi connectivity index (χ1n) is 33.2. The predicted octanol–water partition coefficient (Wildman–Crippen LogP) is 23.0. The molecular weight excluding hydrogens is 909 g/mol. The quantitative estimate of drug-likeness (QED) is 0.0345. The summed E-state index contributed by atoms with van der Waals surface area (Å²) in [4.78, 5) is 25.7. The number of carbonyl (C=O) groups excluding carboxylic acids is 2. The highest BCUT2D eigenvalue weighted by Gasteiger charge is 2.18. The molecule has 0 fully saturated rings.